The number of aromatic nitrogens is 1. The number of carbonyl (C=O) groups is 1. The summed E-state index contributed by atoms with van der Waals surface area (Å²) < 4.78 is 79.3. The molecule has 11 heteroatoms. The van der Waals surface area contributed by atoms with Crippen molar-refractivity contribution in [3.8, 4) is 0 Å². The Labute approximate surface area is 173 Å². The van der Waals surface area contributed by atoms with Crippen molar-refractivity contribution in [2.24, 2.45) is 0 Å². The van der Waals surface area contributed by atoms with Gasteiger partial charge in [0.05, 0.1) is 27.4 Å². The van der Waals surface area contributed by atoms with Gasteiger partial charge in [-0.3, -0.25) is 4.79 Å². The van der Waals surface area contributed by atoms with E-state index in [1.54, 1.807) is 6.92 Å². The van der Waals surface area contributed by atoms with Crippen LogP contribution in [0.4, 0.5) is 17.6 Å². The van der Waals surface area contributed by atoms with Gasteiger partial charge in [-0.1, -0.05) is 11.8 Å². The Morgan fingerprint density at radius 2 is 1.87 bits per heavy atom. The first kappa shape index (κ1) is 22.2. The van der Waals surface area contributed by atoms with Crippen LogP contribution < -0.4 is 0 Å². The molecule has 160 valence electrons. The Hall–Kier alpha value is -2.53. The molecule has 0 aliphatic carbocycles. The predicted molar refractivity (Wildman–Crippen MR) is 102 cm³/mol. The van der Waals surface area contributed by atoms with Crippen LogP contribution in [-0.2, 0) is 27.2 Å². The SMILES string of the molecule is Cc1c(CC(=O)O)c2ccc(F)cn2c1Sc1ccc(S(C)(=O)=O)cc1C(F)(F)F. The lowest BCUT2D eigenvalue weighted by atomic mass is 10.1. The van der Waals surface area contributed by atoms with Crippen LogP contribution in [-0.4, -0.2) is 30.2 Å². The number of sulfone groups is 1. The summed E-state index contributed by atoms with van der Waals surface area (Å²) in [6.07, 6.45) is -3.35. The van der Waals surface area contributed by atoms with Crippen molar-refractivity contribution in [1.82, 2.24) is 4.40 Å². The Morgan fingerprint density at radius 1 is 1.20 bits per heavy atom. The van der Waals surface area contributed by atoms with E-state index in [0.29, 0.717) is 34.5 Å². The van der Waals surface area contributed by atoms with Crippen LogP contribution in [0.5, 0.6) is 0 Å². The Kier molecular flexibility index (Phi) is 5.63. The van der Waals surface area contributed by atoms with E-state index in [4.69, 9.17) is 5.11 Å². The zero-order chi connectivity index (χ0) is 22.4. The number of nitrogens with zero attached hydrogens (tertiary/aromatic N) is 1. The van der Waals surface area contributed by atoms with Gasteiger partial charge in [-0.2, -0.15) is 13.2 Å². The van der Waals surface area contributed by atoms with E-state index in [1.807, 2.05) is 0 Å². The fourth-order valence-electron chi connectivity index (χ4n) is 3.05. The van der Waals surface area contributed by atoms with Crippen LogP contribution in [0.2, 0.25) is 0 Å². The molecule has 0 aliphatic rings. The molecule has 1 N–H and O–H groups in total. The summed E-state index contributed by atoms with van der Waals surface area (Å²) in [5.41, 5.74) is -0.0410. The van der Waals surface area contributed by atoms with Gasteiger partial charge >= 0.3 is 12.1 Å². The summed E-state index contributed by atoms with van der Waals surface area (Å²) in [5.74, 6) is -1.79. The molecule has 0 atom stereocenters. The lowest BCUT2D eigenvalue weighted by molar-refractivity contribution is -0.140. The number of carboxylic acid groups (broad SMARTS) is 1. The maximum Gasteiger partial charge on any atom is 0.417 e. The Morgan fingerprint density at radius 3 is 2.43 bits per heavy atom. The highest BCUT2D eigenvalue weighted by Gasteiger charge is 2.35. The van der Waals surface area contributed by atoms with Gasteiger partial charge in [-0.25, -0.2) is 12.8 Å². The van der Waals surface area contributed by atoms with E-state index in [-0.39, 0.29) is 16.3 Å². The molecule has 30 heavy (non-hydrogen) atoms. The van der Waals surface area contributed by atoms with Crippen molar-refractivity contribution in [3.63, 3.8) is 0 Å². The van der Waals surface area contributed by atoms with E-state index >= 15 is 0 Å². The Bertz CT molecular complexity index is 1260. The molecule has 0 spiro atoms. The van der Waals surface area contributed by atoms with Crippen LogP contribution in [0.15, 0.2) is 51.3 Å². The minimum Gasteiger partial charge on any atom is -0.481 e. The molecule has 0 amide bonds. The highest BCUT2D eigenvalue weighted by molar-refractivity contribution is 7.99. The average molecular weight is 461 g/mol. The third-order valence-electron chi connectivity index (χ3n) is 4.43. The molecule has 3 aromatic rings. The number of aliphatic carboxylic acids is 1. The second-order valence-corrected chi connectivity index (χ2v) is 9.66. The van der Waals surface area contributed by atoms with E-state index < -0.39 is 38.3 Å². The van der Waals surface area contributed by atoms with Gasteiger partial charge in [0.1, 0.15) is 5.82 Å². The van der Waals surface area contributed by atoms with Gasteiger partial charge in [0.2, 0.25) is 0 Å². The molecule has 1 aromatic carbocycles. The minimum atomic E-state index is -4.83. The van der Waals surface area contributed by atoms with Crippen molar-refractivity contribution in [3.05, 3.63) is 59.0 Å². The first-order valence-electron chi connectivity index (χ1n) is 8.39. The molecule has 0 fully saturated rings. The van der Waals surface area contributed by atoms with Gasteiger partial charge in [0.25, 0.3) is 0 Å². The van der Waals surface area contributed by atoms with Crippen LogP contribution in [0.1, 0.15) is 16.7 Å². The highest BCUT2D eigenvalue weighted by atomic mass is 32.2. The molecule has 0 radical (unpaired) electrons. The number of hydrogen-bond acceptors (Lipinski definition) is 4. The van der Waals surface area contributed by atoms with Crippen molar-refractivity contribution < 1.29 is 35.9 Å². The molecule has 3 rings (SSSR count). The van der Waals surface area contributed by atoms with Gasteiger partial charge in [-0.05, 0) is 48.4 Å². The number of benzene rings is 1. The van der Waals surface area contributed by atoms with Crippen LogP contribution in [0.3, 0.4) is 0 Å². The van der Waals surface area contributed by atoms with Crippen LogP contribution in [0.25, 0.3) is 5.52 Å². The number of rotatable bonds is 5. The third-order valence-corrected chi connectivity index (χ3v) is 6.82. The van der Waals surface area contributed by atoms with Crippen molar-refractivity contribution in [1.29, 1.82) is 0 Å². The summed E-state index contributed by atoms with van der Waals surface area (Å²) in [6, 6.07) is 5.16. The highest BCUT2D eigenvalue weighted by Crippen LogP contribution is 2.43. The number of halogens is 4. The molecule has 0 saturated heterocycles. The second-order valence-electron chi connectivity index (χ2n) is 6.61. The summed E-state index contributed by atoms with van der Waals surface area (Å²) in [5, 5.41) is 9.37. The zero-order valence-corrected chi connectivity index (χ0v) is 17.3. The van der Waals surface area contributed by atoms with Crippen LogP contribution in [0, 0.1) is 12.7 Å². The Balaban J connectivity index is 2.23. The molecule has 5 nitrogen and oxygen atoms in total. The second kappa shape index (κ2) is 7.62. The maximum absolute atomic E-state index is 13.8. The van der Waals surface area contributed by atoms with Gasteiger partial charge in [0, 0.05) is 17.3 Å². The summed E-state index contributed by atoms with van der Waals surface area (Å²) in [7, 11) is -3.86. The fraction of sp³-hybridized carbons (Fsp3) is 0.211. The molecule has 2 heterocycles. The standard InChI is InChI=1S/C19H15F4NO4S2/c1-10-13(8-17(25)26)15-5-3-11(20)9-24(15)18(10)29-16-6-4-12(30(2,27)28)7-14(16)19(21,22)23/h3-7,9H,8H2,1-2H3,(H,25,26). The molecular formula is C19H15F4NO4S2. The quantitative estimate of drug-likeness (QED) is 0.563. The van der Waals surface area contributed by atoms with Gasteiger partial charge in [-0.15, -0.1) is 0 Å². The topological polar surface area (TPSA) is 75.8 Å². The number of pyridine rings is 1. The fourth-order valence-corrected chi connectivity index (χ4v) is 4.85. The summed E-state index contributed by atoms with van der Waals surface area (Å²) >= 11 is 0.662. The first-order chi connectivity index (χ1) is 13.8. The molecule has 0 bridgehead atoms. The monoisotopic (exact) mass is 461 g/mol. The molecule has 2 aromatic heterocycles. The third kappa shape index (κ3) is 4.31. The number of hydrogen-bond donors (Lipinski definition) is 1. The maximum atomic E-state index is 13.8. The lowest BCUT2D eigenvalue weighted by Gasteiger charge is -2.14. The van der Waals surface area contributed by atoms with Gasteiger partial charge < -0.3 is 9.51 Å². The largest absolute Gasteiger partial charge is 0.481 e. The lowest BCUT2D eigenvalue weighted by Crippen LogP contribution is -2.09. The minimum absolute atomic E-state index is 0.207. The van der Waals surface area contributed by atoms with E-state index in [0.717, 1.165) is 30.7 Å². The molecule has 0 saturated carbocycles. The van der Waals surface area contributed by atoms with E-state index in [1.165, 1.54) is 10.5 Å². The van der Waals surface area contributed by atoms with E-state index in [2.05, 4.69) is 0 Å². The average Bonchev–Trinajstić information content (AvgIpc) is 2.85. The summed E-state index contributed by atoms with van der Waals surface area (Å²) in [4.78, 5) is 10.5. The molecular weight excluding hydrogens is 446 g/mol. The van der Waals surface area contributed by atoms with Crippen molar-refractivity contribution in [2.45, 2.75) is 34.3 Å². The van der Waals surface area contributed by atoms with Crippen molar-refractivity contribution in [2.75, 3.05) is 6.26 Å². The summed E-state index contributed by atoms with van der Waals surface area (Å²) in [6.45, 7) is 1.55. The smallest absolute Gasteiger partial charge is 0.417 e. The number of fused-ring (bicyclic) bond motifs is 1. The number of carboxylic acids is 1. The zero-order valence-electron chi connectivity index (χ0n) is 15.6. The van der Waals surface area contributed by atoms with Gasteiger partial charge in [0.15, 0.2) is 9.84 Å². The predicted octanol–water partition coefficient (Wildman–Crippen LogP) is 4.59. The first-order valence-corrected chi connectivity index (χ1v) is 11.1. The van der Waals surface area contributed by atoms with Crippen molar-refractivity contribution >= 4 is 33.1 Å². The molecule has 0 aliphatic heterocycles. The van der Waals surface area contributed by atoms with E-state index in [9.17, 15) is 30.8 Å². The molecule has 0 unspecified atom stereocenters. The normalized spacial score (nSPS) is 12.5. The van der Waals surface area contributed by atoms with Crippen LogP contribution >= 0.6 is 11.8 Å². The number of alkyl halides is 3.